The minimum atomic E-state index is -1.52. The van der Waals surface area contributed by atoms with Gasteiger partial charge >= 0.3 is 0 Å². The van der Waals surface area contributed by atoms with Crippen LogP contribution in [0.2, 0.25) is 0 Å². The van der Waals surface area contributed by atoms with E-state index in [2.05, 4.69) is 0 Å². The van der Waals surface area contributed by atoms with Gasteiger partial charge in [0, 0.05) is 0 Å². The van der Waals surface area contributed by atoms with E-state index in [1.165, 1.54) is 0 Å². The summed E-state index contributed by atoms with van der Waals surface area (Å²) in [5.74, 6) is -4.31. The van der Waals surface area contributed by atoms with Gasteiger partial charge in [0.25, 0.3) is 0 Å². The third kappa shape index (κ3) is 2.72. The van der Waals surface area contributed by atoms with E-state index >= 15 is 0 Å². The van der Waals surface area contributed by atoms with E-state index in [9.17, 15) is 18.3 Å². The maximum absolute atomic E-state index is 13.3. The molecule has 0 amide bonds. The van der Waals surface area contributed by atoms with Gasteiger partial charge in [-0.15, -0.1) is 0 Å². The van der Waals surface area contributed by atoms with E-state index in [1.54, 1.807) is 0 Å². The van der Waals surface area contributed by atoms with Gasteiger partial charge in [-0.3, -0.25) is 0 Å². The van der Waals surface area contributed by atoms with Crippen molar-refractivity contribution in [1.29, 1.82) is 0 Å². The van der Waals surface area contributed by atoms with Crippen LogP contribution in [0.15, 0.2) is 12.1 Å². The van der Waals surface area contributed by atoms with Crippen LogP contribution in [-0.2, 0) is 0 Å². The highest BCUT2D eigenvalue weighted by Gasteiger charge is 2.23. The summed E-state index contributed by atoms with van der Waals surface area (Å²) in [5.41, 5.74) is 0. The molecule has 1 N–H and O–H groups in total. The van der Waals surface area contributed by atoms with Gasteiger partial charge < -0.3 is 9.84 Å². The molecule has 94 valence electrons. The summed E-state index contributed by atoms with van der Waals surface area (Å²) >= 11 is 0. The molecule has 5 heteroatoms. The summed E-state index contributed by atoms with van der Waals surface area (Å²) in [6.45, 7) is 0. The van der Waals surface area contributed by atoms with Crippen molar-refractivity contribution < 1.29 is 23.0 Å². The molecule has 1 aliphatic carbocycles. The molecule has 1 aromatic carbocycles. The summed E-state index contributed by atoms with van der Waals surface area (Å²) < 4.78 is 44.2. The Balaban J connectivity index is 2.06. The van der Waals surface area contributed by atoms with Crippen LogP contribution in [0.1, 0.15) is 25.7 Å². The zero-order chi connectivity index (χ0) is 12.4. The van der Waals surface area contributed by atoms with Crippen molar-refractivity contribution in [3.8, 4) is 5.75 Å². The first-order valence-electron chi connectivity index (χ1n) is 5.56. The highest BCUT2D eigenvalue weighted by molar-refractivity contribution is 5.26. The molecule has 0 atom stereocenters. The van der Waals surface area contributed by atoms with Crippen LogP contribution >= 0.6 is 0 Å². The Kier molecular flexibility index (Phi) is 3.57. The molecule has 1 saturated carbocycles. The highest BCUT2D eigenvalue weighted by Crippen LogP contribution is 2.27. The number of ether oxygens (including phenoxy) is 1. The smallest absolute Gasteiger partial charge is 0.203 e. The lowest BCUT2D eigenvalue weighted by atomic mass is 9.95. The number of hydrogen-bond acceptors (Lipinski definition) is 2. The van der Waals surface area contributed by atoms with Crippen molar-refractivity contribution in [2.24, 2.45) is 0 Å². The first-order valence-corrected chi connectivity index (χ1v) is 5.56. The maximum Gasteiger partial charge on any atom is 0.203 e. The van der Waals surface area contributed by atoms with E-state index in [0.717, 1.165) is 12.1 Å². The average molecular weight is 246 g/mol. The third-order valence-corrected chi connectivity index (χ3v) is 2.94. The second kappa shape index (κ2) is 4.96. The van der Waals surface area contributed by atoms with Gasteiger partial charge in [0.05, 0.1) is 12.2 Å². The van der Waals surface area contributed by atoms with Gasteiger partial charge in [-0.05, 0) is 37.8 Å². The third-order valence-electron chi connectivity index (χ3n) is 2.94. The van der Waals surface area contributed by atoms with Crippen molar-refractivity contribution in [3.05, 3.63) is 29.6 Å². The summed E-state index contributed by atoms with van der Waals surface area (Å²) in [6.07, 6.45) is 1.73. The fourth-order valence-corrected chi connectivity index (χ4v) is 1.94. The molecule has 1 fully saturated rings. The van der Waals surface area contributed by atoms with Crippen LogP contribution in [0.3, 0.4) is 0 Å². The summed E-state index contributed by atoms with van der Waals surface area (Å²) in [7, 11) is 0. The zero-order valence-corrected chi connectivity index (χ0v) is 9.13. The van der Waals surface area contributed by atoms with Gasteiger partial charge in [-0.25, -0.2) is 8.78 Å². The Bertz CT molecular complexity index is 401. The van der Waals surface area contributed by atoms with Crippen LogP contribution in [0.4, 0.5) is 13.2 Å². The fourth-order valence-electron chi connectivity index (χ4n) is 1.94. The molecule has 0 heterocycles. The number of aliphatic hydroxyl groups is 1. The molecule has 17 heavy (non-hydrogen) atoms. The molecule has 0 unspecified atom stereocenters. The second-order valence-electron chi connectivity index (χ2n) is 4.22. The predicted molar refractivity (Wildman–Crippen MR) is 55.2 cm³/mol. The lowest BCUT2D eigenvalue weighted by Gasteiger charge is -2.26. The molecule has 2 nitrogen and oxygen atoms in total. The summed E-state index contributed by atoms with van der Waals surface area (Å²) in [4.78, 5) is 0. The molecular weight excluding hydrogens is 233 g/mol. The SMILES string of the molecule is OC1CCC(Oc2ccc(F)c(F)c2F)CC1. The first kappa shape index (κ1) is 12.2. The van der Waals surface area contributed by atoms with Crippen LogP contribution in [0, 0.1) is 17.5 Å². The molecule has 0 spiro atoms. The lowest BCUT2D eigenvalue weighted by molar-refractivity contribution is 0.0641. The molecule has 2 rings (SSSR count). The molecule has 0 bridgehead atoms. The van der Waals surface area contributed by atoms with Crippen molar-refractivity contribution >= 4 is 0 Å². The van der Waals surface area contributed by atoms with Crippen LogP contribution in [-0.4, -0.2) is 17.3 Å². The van der Waals surface area contributed by atoms with E-state index in [-0.39, 0.29) is 18.0 Å². The van der Waals surface area contributed by atoms with E-state index in [4.69, 9.17) is 4.74 Å². The normalized spacial score (nSPS) is 24.7. The highest BCUT2D eigenvalue weighted by atomic mass is 19.2. The van der Waals surface area contributed by atoms with E-state index in [0.29, 0.717) is 25.7 Å². The largest absolute Gasteiger partial charge is 0.487 e. The zero-order valence-electron chi connectivity index (χ0n) is 9.13. The van der Waals surface area contributed by atoms with Gasteiger partial charge in [0.1, 0.15) is 0 Å². The van der Waals surface area contributed by atoms with E-state index in [1.807, 2.05) is 0 Å². The van der Waals surface area contributed by atoms with Gasteiger partial charge in [-0.2, -0.15) is 4.39 Å². The number of aliphatic hydroxyl groups excluding tert-OH is 1. The van der Waals surface area contributed by atoms with Crippen molar-refractivity contribution in [2.75, 3.05) is 0 Å². The van der Waals surface area contributed by atoms with Crippen molar-refractivity contribution in [3.63, 3.8) is 0 Å². The van der Waals surface area contributed by atoms with E-state index < -0.39 is 17.5 Å². The quantitative estimate of drug-likeness (QED) is 0.813. The molecule has 0 aromatic heterocycles. The molecule has 1 aromatic rings. The van der Waals surface area contributed by atoms with Crippen LogP contribution in [0.25, 0.3) is 0 Å². The van der Waals surface area contributed by atoms with Gasteiger partial charge in [-0.1, -0.05) is 0 Å². The lowest BCUT2D eigenvalue weighted by Crippen LogP contribution is -2.26. The number of benzene rings is 1. The van der Waals surface area contributed by atoms with Crippen LogP contribution in [0.5, 0.6) is 5.75 Å². The Hall–Kier alpha value is -1.23. The number of rotatable bonds is 2. The van der Waals surface area contributed by atoms with Gasteiger partial charge in [0.15, 0.2) is 17.4 Å². The van der Waals surface area contributed by atoms with Crippen LogP contribution < -0.4 is 4.74 Å². The number of hydrogen-bond donors (Lipinski definition) is 1. The Morgan fingerprint density at radius 3 is 2.29 bits per heavy atom. The minimum Gasteiger partial charge on any atom is -0.487 e. The Labute approximate surface area is 97.0 Å². The first-order chi connectivity index (χ1) is 8.08. The predicted octanol–water partition coefficient (Wildman–Crippen LogP) is 2.79. The number of halogens is 3. The second-order valence-corrected chi connectivity index (χ2v) is 4.22. The topological polar surface area (TPSA) is 29.5 Å². The summed E-state index contributed by atoms with van der Waals surface area (Å²) in [5, 5.41) is 9.29. The monoisotopic (exact) mass is 246 g/mol. The van der Waals surface area contributed by atoms with Gasteiger partial charge in [0.2, 0.25) is 5.82 Å². The van der Waals surface area contributed by atoms with Crippen molar-refractivity contribution in [1.82, 2.24) is 0 Å². The molecular formula is C12H13F3O2. The fraction of sp³-hybridized carbons (Fsp3) is 0.500. The Morgan fingerprint density at radius 2 is 1.65 bits per heavy atom. The molecule has 1 aliphatic rings. The average Bonchev–Trinajstić information content (AvgIpc) is 2.33. The standard InChI is InChI=1S/C12H13F3O2/c13-9-5-6-10(12(15)11(9)14)17-8-3-1-7(16)2-4-8/h5-8,16H,1-4H2. The molecule has 0 radical (unpaired) electrons. The summed E-state index contributed by atoms with van der Waals surface area (Å²) in [6, 6.07) is 1.92. The van der Waals surface area contributed by atoms with Crippen molar-refractivity contribution in [2.45, 2.75) is 37.9 Å². The maximum atomic E-state index is 13.3. The molecule has 0 saturated heterocycles. The molecule has 0 aliphatic heterocycles. The Morgan fingerprint density at radius 1 is 1.00 bits per heavy atom. The minimum absolute atomic E-state index is 0.252.